The molecule has 1 fully saturated rings. The van der Waals surface area contributed by atoms with Crippen LogP contribution in [-0.2, 0) is 34.9 Å². The smallest absolute Gasteiger partial charge is 0.298 e. The first-order chi connectivity index (χ1) is 21.9. The van der Waals surface area contributed by atoms with Gasteiger partial charge in [0.2, 0.25) is 0 Å². The van der Waals surface area contributed by atoms with Crippen molar-refractivity contribution in [2.75, 3.05) is 6.61 Å². The largest absolute Gasteiger partial charge is 0.397 e. The Labute approximate surface area is 285 Å². The fourth-order valence-corrected chi connectivity index (χ4v) is 8.24. The average Bonchev–Trinajstić information content (AvgIpc) is 2.99. The lowest BCUT2D eigenvalue weighted by Crippen LogP contribution is -2.49. The van der Waals surface area contributed by atoms with E-state index in [-0.39, 0.29) is 12.4 Å². The van der Waals surface area contributed by atoms with Gasteiger partial charge in [0, 0.05) is 5.41 Å². The van der Waals surface area contributed by atoms with Crippen LogP contribution in [-0.4, -0.2) is 40.2 Å². The quantitative estimate of drug-likeness (QED) is 0.0549. The Morgan fingerprint density at radius 2 is 1.17 bits per heavy atom. The molecule has 0 saturated heterocycles. The van der Waals surface area contributed by atoms with Gasteiger partial charge in [-0.3, -0.25) is 18.1 Å². The maximum absolute atomic E-state index is 14.7. The van der Waals surface area contributed by atoms with Crippen LogP contribution in [0.1, 0.15) is 201 Å². The van der Waals surface area contributed by atoms with Crippen molar-refractivity contribution in [2.24, 2.45) is 10.8 Å². The van der Waals surface area contributed by atoms with Gasteiger partial charge in [-0.05, 0) is 32.1 Å². The summed E-state index contributed by atoms with van der Waals surface area (Å²) in [6.07, 6.45) is 28.9. The highest BCUT2D eigenvalue weighted by Gasteiger charge is 2.49. The van der Waals surface area contributed by atoms with Crippen LogP contribution in [0.2, 0.25) is 0 Å². The third kappa shape index (κ3) is 20.2. The number of rotatable bonds is 25. The van der Waals surface area contributed by atoms with Crippen LogP contribution in [0.15, 0.2) is 0 Å². The second kappa shape index (κ2) is 25.6. The summed E-state index contributed by atoms with van der Waals surface area (Å²) in [6.45, 7) is 6.46. The van der Waals surface area contributed by atoms with E-state index < -0.39 is 38.7 Å². The maximum Gasteiger partial charge on any atom is 0.397 e. The van der Waals surface area contributed by atoms with E-state index in [0.717, 1.165) is 109 Å². The number of hydrogen-bond donors (Lipinski definition) is 2. The highest BCUT2D eigenvalue weighted by molar-refractivity contribution is 7.80. The lowest BCUT2D eigenvalue weighted by atomic mass is 9.62. The van der Waals surface area contributed by atoms with Crippen molar-refractivity contribution in [2.45, 2.75) is 207 Å². The van der Waals surface area contributed by atoms with Gasteiger partial charge < -0.3 is 0 Å². The van der Waals surface area contributed by atoms with Crippen LogP contribution >= 0.6 is 0 Å². The highest BCUT2D eigenvalue weighted by atomic mass is 32.3. The number of Topliss-reactive ketones (excluding diaryl/α,β-unsaturated/α-hetero) is 1. The third-order valence-electron chi connectivity index (χ3n) is 10.3. The summed E-state index contributed by atoms with van der Waals surface area (Å²) < 4.78 is 61.8. The Morgan fingerprint density at radius 1 is 0.717 bits per heavy atom. The lowest BCUT2D eigenvalue weighted by molar-refractivity contribution is -0.145. The molecule has 4 unspecified atom stereocenters. The van der Waals surface area contributed by atoms with Crippen molar-refractivity contribution in [3.05, 3.63) is 0 Å². The van der Waals surface area contributed by atoms with E-state index >= 15 is 0 Å². The van der Waals surface area contributed by atoms with Gasteiger partial charge in [-0.15, -0.1) is 0 Å². The predicted molar refractivity (Wildman–Crippen MR) is 189 cm³/mol. The van der Waals surface area contributed by atoms with Crippen LogP contribution in [0, 0.1) is 10.8 Å². The molecular weight excluding hydrogens is 625 g/mol. The second-order valence-corrected chi connectivity index (χ2v) is 16.2. The molecule has 0 spiro atoms. The zero-order valence-electron chi connectivity index (χ0n) is 29.7. The summed E-state index contributed by atoms with van der Waals surface area (Å²) in [5.74, 6) is 0.244. The molecule has 1 aliphatic rings. The summed E-state index contributed by atoms with van der Waals surface area (Å²) in [5.41, 5.74) is -1.24. The van der Waals surface area contributed by atoms with E-state index in [4.69, 9.17) is 8.74 Å². The van der Waals surface area contributed by atoms with E-state index in [1.54, 1.807) is 0 Å². The molecule has 0 aromatic carbocycles. The summed E-state index contributed by atoms with van der Waals surface area (Å²) in [4.78, 5) is 14.7. The topological polar surface area (TPSA) is 127 Å². The Balaban J connectivity index is 2.75. The molecule has 2 N–H and O–H groups in total. The van der Waals surface area contributed by atoms with Crippen LogP contribution < -0.4 is 0 Å². The Hall–Kier alpha value is -0.390. The Bertz CT molecular complexity index is 912. The highest BCUT2D eigenvalue weighted by Crippen LogP contribution is 2.45. The van der Waals surface area contributed by atoms with Crippen LogP contribution in [0.3, 0.4) is 0 Å². The van der Waals surface area contributed by atoms with Gasteiger partial charge in [-0.1, -0.05) is 168 Å². The van der Waals surface area contributed by atoms with Crippen molar-refractivity contribution < 1.29 is 34.9 Å². The number of carbonyl (C=O) groups is 1. The fraction of sp³-hybridized carbons (Fsp3) is 0.972. The van der Waals surface area contributed by atoms with Crippen molar-refractivity contribution in [3.63, 3.8) is 0 Å². The van der Waals surface area contributed by atoms with Gasteiger partial charge in [0.05, 0.1) is 18.1 Å². The summed E-state index contributed by atoms with van der Waals surface area (Å²) >= 11 is -2.41. The minimum absolute atomic E-state index is 0.0271. The summed E-state index contributed by atoms with van der Waals surface area (Å²) in [7, 11) is -4.34. The zero-order chi connectivity index (χ0) is 34.2. The van der Waals surface area contributed by atoms with Gasteiger partial charge in [-0.25, -0.2) is 4.18 Å². The van der Waals surface area contributed by atoms with E-state index in [9.17, 15) is 22.0 Å². The molecule has 0 aromatic rings. The first-order valence-electron chi connectivity index (χ1n) is 18.9. The van der Waals surface area contributed by atoms with Gasteiger partial charge in [0.25, 0.3) is 0 Å². The van der Waals surface area contributed by atoms with E-state index in [2.05, 4.69) is 18.0 Å². The molecule has 1 rings (SSSR count). The summed E-state index contributed by atoms with van der Waals surface area (Å²) in [5, 5.41) is 0. The van der Waals surface area contributed by atoms with Gasteiger partial charge in [0.1, 0.15) is 5.78 Å². The normalized spacial score (nSPS) is 23.5. The zero-order valence-corrected chi connectivity index (χ0v) is 31.4. The number of unbranched alkanes of at least 4 members (excludes halogenated alkanes) is 15. The molecule has 0 heterocycles. The van der Waals surface area contributed by atoms with Crippen molar-refractivity contribution in [1.82, 2.24) is 0 Å². The molecule has 1 saturated carbocycles. The number of ketones is 1. The second-order valence-electron chi connectivity index (χ2n) is 14.5. The van der Waals surface area contributed by atoms with Crippen LogP contribution in [0.5, 0.6) is 0 Å². The Kier molecular flexibility index (Phi) is 24.2. The van der Waals surface area contributed by atoms with Gasteiger partial charge >= 0.3 is 21.8 Å². The predicted octanol–water partition coefficient (Wildman–Crippen LogP) is 10.9. The molecule has 0 aromatic heterocycles. The first kappa shape index (κ1) is 43.6. The van der Waals surface area contributed by atoms with Crippen molar-refractivity contribution in [3.8, 4) is 0 Å². The number of carbonyl (C=O) groups excluding carboxylic acids is 1. The average molecular weight is 695 g/mol. The molecule has 0 amide bonds. The minimum Gasteiger partial charge on any atom is -0.298 e. The van der Waals surface area contributed by atoms with E-state index in [1.807, 2.05) is 6.92 Å². The SMILES string of the molecule is CCCCCCCCCCC(OS(=O)O)C1(C)CCCCCCCCCC(C)(CCCCCCCCCCCOS(=O)(=O)O)C1=O. The van der Waals surface area contributed by atoms with E-state index in [0.29, 0.717) is 19.3 Å². The molecule has 274 valence electrons. The molecular formula is C36H70O8S2. The van der Waals surface area contributed by atoms with Gasteiger partial charge in [0.15, 0.2) is 0 Å². The molecule has 10 heteroatoms. The molecule has 4 atom stereocenters. The third-order valence-corrected chi connectivity index (χ3v) is 11.2. The van der Waals surface area contributed by atoms with Crippen molar-refractivity contribution >= 4 is 27.5 Å². The van der Waals surface area contributed by atoms with Crippen molar-refractivity contribution in [1.29, 1.82) is 0 Å². The maximum atomic E-state index is 14.7. The van der Waals surface area contributed by atoms with Crippen LogP contribution in [0.4, 0.5) is 0 Å². The fourth-order valence-electron chi connectivity index (χ4n) is 7.41. The molecule has 46 heavy (non-hydrogen) atoms. The van der Waals surface area contributed by atoms with Crippen LogP contribution in [0.25, 0.3) is 0 Å². The molecule has 0 bridgehead atoms. The van der Waals surface area contributed by atoms with Gasteiger partial charge in [-0.2, -0.15) is 12.6 Å². The first-order valence-corrected chi connectivity index (χ1v) is 21.3. The Morgan fingerprint density at radius 3 is 1.70 bits per heavy atom. The van der Waals surface area contributed by atoms with E-state index in [1.165, 1.54) is 51.4 Å². The molecule has 1 aliphatic carbocycles. The standard InChI is InChI=1S/C36H70O8S2/c1-4-5-6-7-8-13-18-23-28-33(44-45(38)39)36(3)31-26-21-16-12-15-20-25-30-35(2,34(36)37)29-24-19-14-10-9-11-17-22-27-32-43-46(40,41)42/h33H,4-32H2,1-3H3,(H,38,39)(H,40,41,42). The summed E-state index contributed by atoms with van der Waals surface area (Å²) in [6, 6.07) is 0. The lowest BCUT2D eigenvalue weighted by Gasteiger charge is -2.42. The number of hydrogen-bond acceptors (Lipinski definition) is 6. The minimum atomic E-state index is -4.34. The molecule has 8 nitrogen and oxygen atoms in total. The monoisotopic (exact) mass is 694 g/mol. The molecule has 0 aliphatic heterocycles. The molecule has 0 radical (unpaired) electrons.